The molecule has 0 aromatic heterocycles. The van der Waals surface area contributed by atoms with Crippen molar-refractivity contribution in [1.29, 1.82) is 0 Å². The van der Waals surface area contributed by atoms with Gasteiger partial charge in [0.1, 0.15) is 0 Å². The lowest BCUT2D eigenvalue weighted by molar-refractivity contribution is -0.141. The second-order valence-electron chi connectivity index (χ2n) is 5.16. The van der Waals surface area contributed by atoms with Gasteiger partial charge in [-0.25, -0.2) is 0 Å². The Morgan fingerprint density at radius 1 is 1.40 bits per heavy atom. The normalized spacial score (nSPS) is 18.9. The number of carbonyl (C=O) groups is 2. The van der Waals surface area contributed by atoms with Gasteiger partial charge in [0.05, 0.1) is 19.1 Å². The van der Waals surface area contributed by atoms with Gasteiger partial charge in [0.2, 0.25) is 0 Å². The average Bonchev–Trinajstić information content (AvgIpc) is 2.40. The Bertz CT molecular complexity index is 527. The van der Waals surface area contributed by atoms with Crippen LogP contribution in [0.2, 0.25) is 0 Å². The van der Waals surface area contributed by atoms with E-state index in [1.165, 1.54) is 0 Å². The first-order valence-electron chi connectivity index (χ1n) is 6.67. The number of rotatable bonds is 3. The number of benzene rings is 1. The maximum absolute atomic E-state index is 12.5. The van der Waals surface area contributed by atoms with Crippen LogP contribution in [-0.4, -0.2) is 47.7 Å². The third kappa shape index (κ3) is 3.36. The molecule has 1 amide bonds. The maximum Gasteiger partial charge on any atom is 0.306 e. The maximum atomic E-state index is 12.5. The number of nitrogens with zero attached hydrogens (tertiary/aromatic N) is 1. The predicted molar refractivity (Wildman–Crippen MR) is 73.8 cm³/mol. The summed E-state index contributed by atoms with van der Waals surface area (Å²) in [5, 5.41) is 8.80. The highest BCUT2D eigenvalue weighted by Gasteiger charge is 2.27. The Kier molecular flexibility index (Phi) is 4.39. The van der Waals surface area contributed by atoms with Gasteiger partial charge in [0, 0.05) is 18.7 Å². The van der Waals surface area contributed by atoms with Gasteiger partial charge in [0.15, 0.2) is 0 Å². The second-order valence-corrected chi connectivity index (χ2v) is 5.16. The fourth-order valence-corrected chi connectivity index (χ4v) is 2.36. The standard InChI is InChI=1S/C15H19NO4/c1-10-3-4-11(2)13(7-10)15(19)16-5-6-20-12(9-16)8-14(17)18/h3-4,7,12H,5-6,8-9H2,1-2H3,(H,17,18). The van der Waals surface area contributed by atoms with Crippen LogP contribution >= 0.6 is 0 Å². The van der Waals surface area contributed by atoms with Crippen LogP contribution in [0, 0.1) is 13.8 Å². The summed E-state index contributed by atoms with van der Waals surface area (Å²) in [5.41, 5.74) is 2.65. The molecule has 0 saturated carbocycles. The molecule has 1 unspecified atom stereocenters. The summed E-state index contributed by atoms with van der Waals surface area (Å²) in [5.74, 6) is -0.957. The van der Waals surface area contributed by atoms with Crippen molar-refractivity contribution in [1.82, 2.24) is 4.90 Å². The largest absolute Gasteiger partial charge is 0.481 e. The van der Waals surface area contributed by atoms with Crippen molar-refractivity contribution in [2.24, 2.45) is 0 Å². The Hall–Kier alpha value is -1.88. The van der Waals surface area contributed by atoms with E-state index in [-0.39, 0.29) is 12.3 Å². The number of aliphatic carboxylic acids is 1. The molecule has 1 heterocycles. The molecular formula is C15H19NO4. The molecule has 1 aliphatic heterocycles. The summed E-state index contributed by atoms with van der Waals surface area (Å²) in [6.07, 6.45) is -0.494. The lowest BCUT2D eigenvalue weighted by atomic mass is 10.0. The molecule has 0 spiro atoms. The summed E-state index contributed by atoms with van der Waals surface area (Å²) >= 11 is 0. The molecule has 5 heteroatoms. The van der Waals surface area contributed by atoms with E-state index in [0.717, 1.165) is 11.1 Å². The van der Waals surface area contributed by atoms with Crippen molar-refractivity contribution in [3.05, 3.63) is 34.9 Å². The zero-order chi connectivity index (χ0) is 14.7. The van der Waals surface area contributed by atoms with Crippen molar-refractivity contribution in [2.75, 3.05) is 19.7 Å². The van der Waals surface area contributed by atoms with Crippen molar-refractivity contribution >= 4 is 11.9 Å². The van der Waals surface area contributed by atoms with Crippen molar-refractivity contribution in [3.63, 3.8) is 0 Å². The zero-order valence-electron chi connectivity index (χ0n) is 11.8. The number of carboxylic acid groups (broad SMARTS) is 1. The number of morpholine rings is 1. The van der Waals surface area contributed by atoms with Crippen LogP contribution in [0.15, 0.2) is 18.2 Å². The van der Waals surface area contributed by atoms with Crippen LogP contribution in [0.5, 0.6) is 0 Å². The summed E-state index contributed by atoms with van der Waals surface area (Å²) in [6.45, 7) is 5.07. The molecule has 1 fully saturated rings. The van der Waals surface area contributed by atoms with Crippen LogP contribution in [0.4, 0.5) is 0 Å². The first-order chi connectivity index (χ1) is 9.47. The van der Waals surface area contributed by atoms with E-state index in [1.54, 1.807) is 4.90 Å². The average molecular weight is 277 g/mol. The molecule has 1 atom stereocenters. The van der Waals surface area contributed by atoms with Gasteiger partial charge in [-0.2, -0.15) is 0 Å². The molecule has 5 nitrogen and oxygen atoms in total. The van der Waals surface area contributed by atoms with Gasteiger partial charge in [-0.15, -0.1) is 0 Å². The highest BCUT2D eigenvalue weighted by Crippen LogP contribution is 2.16. The number of ether oxygens (including phenoxy) is 1. The lowest BCUT2D eigenvalue weighted by Gasteiger charge is -2.32. The molecular weight excluding hydrogens is 258 g/mol. The minimum Gasteiger partial charge on any atom is -0.481 e. The molecule has 1 aromatic carbocycles. The van der Waals surface area contributed by atoms with E-state index >= 15 is 0 Å². The van der Waals surface area contributed by atoms with E-state index < -0.39 is 12.1 Å². The van der Waals surface area contributed by atoms with Gasteiger partial charge in [-0.05, 0) is 25.5 Å². The molecule has 1 aliphatic rings. The van der Waals surface area contributed by atoms with Gasteiger partial charge in [-0.3, -0.25) is 9.59 Å². The van der Waals surface area contributed by atoms with E-state index in [2.05, 4.69) is 0 Å². The van der Waals surface area contributed by atoms with Gasteiger partial charge >= 0.3 is 5.97 Å². The Morgan fingerprint density at radius 3 is 2.85 bits per heavy atom. The molecule has 0 aliphatic carbocycles. The number of hydrogen-bond acceptors (Lipinski definition) is 3. The number of carbonyl (C=O) groups excluding carboxylic acids is 1. The Morgan fingerprint density at radius 2 is 2.15 bits per heavy atom. The summed E-state index contributed by atoms with van der Waals surface area (Å²) in [6, 6.07) is 5.77. The summed E-state index contributed by atoms with van der Waals surface area (Å²) < 4.78 is 5.38. The zero-order valence-corrected chi connectivity index (χ0v) is 11.8. The highest BCUT2D eigenvalue weighted by molar-refractivity contribution is 5.96. The van der Waals surface area contributed by atoms with Crippen LogP contribution in [0.3, 0.4) is 0 Å². The molecule has 2 rings (SSSR count). The van der Waals surface area contributed by atoms with Gasteiger partial charge in [0.25, 0.3) is 5.91 Å². The molecule has 20 heavy (non-hydrogen) atoms. The highest BCUT2D eigenvalue weighted by atomic mass is 16.5. The molecule has 1 aromatic rings. The SMILES string of the molecule is Cc1ccc(C)c(C(=O)N2CCOC(CC(=O)O)C2)c1. The summed E-state index contributed by atoms with van der Waals surface area (Å²) in [7, 11) is 0. The van der Waals surface area contributed by atoms with Crippen molar-refractivity contribution in [2.45, 2.75) is 26.4 Å². The smallest absolute Gasteiger partial charge is 0.306 e. The summed E-state index contributed by atoms with van der Waals surface area (Å²) in [4.78, 5) is 24.9. The third-order valence-electron chi connectivity index (χ3n) is 3.45. The van der Waals surface area contributed by atoms with Gasteiger partial charge < -0.3 is 14.7 Å². The molecule has 1 N–H and O–H groups in total. The topological polar surface area (TPSA) is 66.8 Å². The molecule has 0 bridgehead atoms. The first-order valence-corrected chi connectivity index (χ1v) is 6.67. The van der Waals surface area contributed by atoms with Crippen LogP contribution < -0.4 is 0 Å². The first kappa shape index (κ1) is 14.5. The fraction of sp³-hybridized carbons (Fsp3) is 0.467. The van der Waals surface area contributed by atoms with E-state index in [9.17, 15) is 9.59 Å². The molecule has 108 valence electrons. The van der Waals surface area contributed by atoms with Crippen LogP contribution in [0.25, 0.3) is 0 Å². The predicted octanol–water partition coefficient (Wildman–Crippen LogP) is 1.62. The minimum atomic E-state index is -0.906. The second kappa shape index (κ2) is 6.05. The molecule has 0 radical (unpaired) electrons. The number of aryl methyl sites for hydroxylation is 2. The van der Waals surface area contributed by atoms with Crippen molar-refractivity contribution in [3.8, 4) is 0 Å². The molecule has 1 saturated heterocycles. The fourth-order valence-electron chi connectivity index (χ4n) is 2.36. The number of carboxylic acids is 1. The number of amides is 1. The minimum absolute atomic E-state index is 0.0510. The third-order valence-corrected chi connectivity index (χ3v) is 3.45. The van der Waals surface area contributed by atoms with E-state index in [4.69, 9.17) is 9.84 Å². The van der Waals surface area contributed by atoms with Crippen LogP contribution in [0.1, 0.15) is 27.9 Å². The Labute approximate surface area is 118 Å². The van der Waals surface area contributed by atoms with Crippen LogP contribution in [-0.2, 0) is 9.53 Å². The van der Waals surface area contributed by atoms with E-state index in [1.807, 2.05) is 32.0 Å². The van der Waals surface area contributed by atoms with E-state index in [0.29, 0.717) is 25.3 Å². The quantitative estimate of drug-likeness (QED) is 0.911. The Balaban J connectivity index is 2.12. The monoisotopic (exact) mass is 277 g/mol. The lowest BCUT2D eigenvalue weighted by Crippen LogP contribution is -2.46. The number of hydrogen-bond donors (Lipinski definition) is 1. The van der Waals surface area contributed by atoms with Gasteiger partial charge in [-0.1, -0.05) is 17.7 Å². The van der Waals surface area contributed by atoms with Crippen molar-refractivity contribution < 1.29 is 19.4 Å².